The van der Waals surface area contributed by atoms with Gasteiger partial charge in [-0.15, -0.1) is 24.8 Å². The first kappa shape index (κ1) is 20.2. The molecule has 0 spiro atoms. The van der Waals surface area contributed by atoms with Crippen LogP contribution in [0.15, 0.2) is 42.5 Å². The first-order chi connectivity index (χ1) is 10.3. The first-order valence-corrected chi connectivity index (χ1v) is 8.23. The molecular weight excluding hydrogens is 327 g/mol. The predicted molar refractivity (Wildman–Crippen MR) is 105 cm³/mol. The summed E-state index contributed by atoms with van der Waals surface area (Å²) in [5, 5.41) is 6.25. The van der Waals surface area contributed by atoms with Crippen LogP contribution in [0.1, 0.15) is 31.9 Å². The Labute approximate surface area is 152 Å². The molecule has 1 N–H and O–H groups in total. The molecule has 0 aliphatic carbocycles. The highest BCUT2D eigenvalue weighted by molar-refractivity contribution is 5.86. The van der Waals surface area contributed by atoms with Crippen molar-refractivity contribution < 1.29 is 0 Å². The maximum Gasteiger partial charge on any atom is 0.0380 e. The maximum absolute atomic E-state index is 3.47. The summed E-state index contributed by atoms with van der Waals surface area (Å²) in [6.07, 6.45) is 1.22. The van der Waals surface area contributed by atoms with Gasteiger partial charge in [-0.3, -0.25) is 4.90 Å². The van der Waals surface area contributed by atoms with Crippen molar-refractivity contribution in [2.45, 2.75) is 26.3 Å². The Bertz CT molecular complexity index is 591. The van der Waals surface area contributed by atoms with E-state index in [1.807, 2.05) is 0 Å². The largest absolute Gasteiger partial charge is 0.314 e. The van der Waals surface area contributed by atoms with Crippen molar-refractivity contribution in [2.75, 3.05) is 26.2 Å². The summed E-state index contributed by atoms with van der Waals surface area (Å²) in [6.45, 7) is 9.23. The predicted octanol–water partition coefficient (Wildman–Crippen LogP) is 4.68. The first-order valence-electron chi connectivity index (χ1n) is 8.23. The molecule has 23 heavy (non-hydrogen) atoms. The van der Waals surface area contributed by atoms with E-state index in [1.54, 1.807) is 0 Å². The number of hydrogen-bond donors (Lipinski definition) is 1. The number of nitrogens with one attached hydrogen (secondary N) is 1. The quantitative estimate of drug-likeness (QED) is 0.857. The molecule has 3 rings (SSSR count). The minimum absolute atomic E-state index is 0. The molecule has 1 aliphatic rings. The summed E-state index contributed by atoms with van der Waals surface area (Å²) in [5.41, 5.74) is 1.50. The van der Waals surface area contributed by atoms with E-state index >= 15 is 0 Å². The summed E-state index contributed by atoms with van der Waals surface area (Å²) >= 11 is 0. The Morgan fingerprint density at radius 2 is 1.65 bits per heavy atom. The van der Waals surface area contributed by atoms with Crippen LogP contribution >= 0.6 is 24.8 Å². The lowest BCUT2D eigenvalue weighted by molar-refractivity contribution is 0.129. The second-order valence-corrected chi connectivity index (χ2v) is 6.18. The molecule has 1 unspecified atom stereocenters. The molecule has 128 valence electrons. The Hall–Kier alpha value is -0.800. The molecule has 4 heteroatoms. The number of fused-ring (bicyclic) bond motifs is 1. The third kappa shape index (κ3) is 4.39. The van der Waals surface area contributed by atoms with Crippen molar-refractivity contribution in [3.05, 3.63) is 48.0 Å². The van der Waals surface area contributed by atoms with Crippen molar-refractivity contribution >= 4 is 35.6 Å². The summed E-state index contributed by atoms with van der Waals surface area (Å²) in [6, 6.07) is 16.1. The highest BCUT2D eigenvalue weighted by Crippen LogP contribution is 2.35. The van der Waals surface area contributed by atoms with Gasteiger partial charge in [0.1, 0.15) is 0 Å². The SMILES string of the molecule is CCC(C)[C@H](c1cccc2ccccc12)N1CCNCC1.Cl.Cl. The minimum Gasteiger partial charge on any atom is -0.314 e. The number of piperazine rings is 1. The molecule has 1 aliphatic heterocycles. The van der Waals surface area contributed by atoms with E-state index in [0.717, 1.165) is 26.2 Å². The van der Waals surface area contributed by atoms with Gasteiger partial charge in [-0.2, -0.15) is 0 Å². The highest BCUT2D eigenvalue weighted by atomic mass is 35.5. The molecule has 0 bridgehead atoms. The van der Waals surface area contributed by atoms with Crippen LogP contribution < -0.4 is 5.32 Å². The molecule has 2 nitrogen and oxygen atoms in total. The molecule has 2 aromatic carbocycles. The van der Waals surface area contributed by atoms with Crippen LogP contribution in [0, 0.1) is 5.92 Å². The van der Waals surface area contributed by atoms with Gasteiger partial charge in [0, 0.05) is 32.2 Å². The van der Waals surface area contributed by atoms with Crippen LogP contribution in [-0.2, 0) is 0 Å². The topological polar surface area (TPSA) is 15.3 Å². The van der Waals surface area contributed by atoms with E-state index in [1.165, 1.54) is 22.8 Å². The number of rotatable bonds is 4. The van der Waals surface area contributed by atoms with Gasteiger partial charge >= 0.3 is 0 Å². The molecule has 2 atom stereocenters. The standard InChI is InChI=1S/C19H26N2.2ClH/c1-3-15(2)19(21-13-11-20-12-14-21)18-10-6-8-16-7-4-5-9-17(16)18;;/h4-10,15,19-20H,3,11-14H2,1-2H3;2*1H/t15?,19-;;/m1../s1. The Morgan fingerprint density at radius 1 is 1.00 bits per heavy atom. The number of benzene rings is 2. The van der Waals surface area contributed by atoms with Crippen LogP contribution in [0.5, 0.6) is 0 Å². The Morgan fingerprint density at radius 3 is 2.35 bits per heavy atom. The molecule has 1 fully saturated rings. The van der Waals surface area contributed by atoms with Crippen molar-refractivity contribution in [3.63, 3.8) is 0 Å². The van der Waals surface area contributed by atoms with E-state index in [4.69, 9.17) is 0 Å². The van der Waals surface area contributed by atoms with Gasteiger partial charge in [0.2, 0.25) is 0 Å². The van der Waals surface area contributed by atoms with Gasteiger partial charge in [0.25, 0.3) is 0 Å². The Kier molecular flexibility index (Phi) is 8.35. The van der Waals surface area contributed by atoms with Gasteiger partial charge in [0.05, 0.1) is 0 Å². The van der Waals surface area contributed by atoms with Crippen LogP contribution in [0.3, 0.4) is 0 Å². The van der Waals surface area contributed by atoms with Gasteiger partial charge < -0.3 is 5.32 Å². The fraction of sp³-hybridized carbons (Fsp3) is 0.474. The summed E-state index contributed by atoms with van der Waals surface area (Å²) < 4.78 is 0. The van der Waals surface area contributed by atoms with Crippen molar-refractivity contribution in [1.82, 2.24) is 10.2 Å². The van der Waals surface area contributed by atoms with Crippen LogP contribution in [0.2, 0.25) is 0 Å². The van der Waals surface area contributed by atoms with Gasteiger partial charge in [-0.05, 0) is 22.3 Å². The van der Waals surface area contributed by atoms with E-state index < -0.39 is 0 Å². The summed E-state index contributed by atoms with van der Waals surface area (Å²) in [5.74, 6) is 0.675. The van der Waals surface area contributed by atoms with Crippen LogP contribution in [0.25, 0.3) is 10.8 Å². The molecule has 2 aromatic rings. The van der Waals surface area contributed by atoms with Crippen molar-refractivity contribution in [1.29, 1.82) is 0 Å². The summed E-state index contributed by atoms with van der Waals surface area (Å²) in [4.78, 5) is 2.67. The zero-order valence-electron chi connectivity index (χ0n) is 14.0. The molecule has 0 amide bonds. The van der Waals surface area contributed by atoms with Crippen molar-refractivity contribution in [2.24, 2.45) is 5.92 Å². The van der Waals surface area contributed by atoms with E-state index in [-0.39, 0.29) is 24.8 Å². The number of halogens is 2. The minimum atomic E-state index is 0. The molecule has 1 heterocycles. The smallest absolute Gasteiger partial charge is 0.0380 e. The lowest BCUT2D eigenvalue weighted by atomic mass is 9.87. The van der Waals surface area contributed by atoms with Crippen LogP contribution in [0.4, 0.5) is 0 Å². The zero-order chi connectivity index (χ0) is 14.7. The van der Waals surface area contributed by atoms with Gasteiger partial charge in [0.15, 0.2) is 0 Å². The number of nitrogens with zero attached hydrogens (tertiary/aromatic N) is 1. The molecule has 0 radical (unpaired) electrons. The molecule has 1 saturated heterocycles. The lowest BCUT2D eigenvalue weighted by Crippen LogP contribution is -2.46. The van der Waals surface area contributed by atoms with Gasteiger partial charge in [-0.25, -0.2) is 0 Å². The zero-order valence-corrected chi connectivity index (χ0v) is 15.6. The molecular formula is C19H28Cl2N2. The fourth-order valence-corrected chi connectivity index (χ4v) is 3.56. The second kappa shape index (κ2) is 9.48. The monoisotopic (exact) mass is 354 g/mol. The van der Waals surface area contributed by atoms with E-state index in [9.17, 15) is 0 Å². The second-order valence-electron chi connectivity index (χ2n) is 6.18. The third-order valence-electron chi connectivity index (χ3n) is 4.87. The lowest BCUT2D eigenvalue weighted by Gasteiger charge is -2.39. The highest BCUT2D eigenvalue weighted by Gasteiger charge is 2.27. The average Bonchev–Trinajstić information content (AvgIpc) is 2.56. The van der Waals surface area contributed by atoms with Gasteiger partial charge in [-0.1, -0.05) is 62.7 Å². The molecule has 0 aromatic heterocycles. The Balaban J connectivity index is 0.00000132. The average molecular weight is 355 g/mol. The summed E-state index contributed by atoms with van der Waals surface area (Å²) in [7, 11) is 0. The fourth-order valence-electron chi connectivity index (χ4n) is 3.56. The van der Waals surface area contributed by atoms with E-state index in [0.29, 0.717) is 12.0 Å². The van der Waals surface area contributed by atoms with Crippen LogP contribution in [-0.4, -0.2) is 31.1 Å². The normalized spacial score (nSPS) is 17.8. The third-order valence-corrected chi connectivity index (χ3v) is 4.87. The molecule has 0 saturated carbocycles. The number of hydrogen-bond acceptors (Lipinski definition) is 2. The maximum atomic E-state index is 3.47. The van der Waals surface area contributed by atoms with Crippen molar-refractivity contribution in [3.8, 4) is 0 Å². The van der Waals surface area contributed by atoms with E-state index in [2.05, 4.69) is 66.5 Å².